The average molecular weight is 412 g/mol. The third kappa shape index (κ3) is 4.70. The van der Waals surface area contributed by atoms with Crippen LogP contribution in [0.1, 0.15) is 36.5 Å². The Morgan fingerprint density at radius 2 is 2.03 bits per heavy atom. The number of hydrogen-bond donors (Lipinski definition) is 2. The summed E-state index contributed by atoms with van der Waals surface area (Å²) < 4.78 is 39.4. The van der Waals surface area contributed by atoms with Crippen LogP contribution < -0.4 is 11.1 Å². The van der Waals surface area contributed by atoms with Crippen molar-refractivity contribution in [1.29, 1.82) is 0 Å². The summed E-state index contributed by atoms with van der Waals surface area (Å²) in [5.41, 5.74) is 4.59. The maximum absolute atomic E-state index is 12.7. The summed E-state index contributed by atoms with van der Waals surface area (Å²) in [6, 6.07) is 0. The van der Waals surface area contributed by atoms with E-state index in [0.717, 1.165) is 6.42 Å². The molecule has 1 aromatic rings. The molecule has 2 atom stereocenters. The van der Waals surface area contributed by atoms with Gasteiger partial charge in [-0.1, -0.05) is 6.92 Å². The molecule has 1 aliphatic carbocycles. The molecule has 2 heterocycles. The van der Waals surface area contributed by atoms with Gasteiger partial charge in [-0.2, -0.15) is 18.3 Å². The molecule has 3 N–H and O–H groups in total. The summed E-state index contributed by atoms with van der Waals surface area (Å²) in [6.07, 6.45) is -1.62. The van der Waals surface area contributed by atoms with Gasteiger partial charge in [0, 0.05) is 25.2 Å². The van der Waals surface area contributed by atoms with Gasteiger partial charge in [0.2, 0.25) is 12.5 Å². The van der Waals surface area contributed by atoms with Crippen molar-refractivity contribution in [1.82, 2.24) is 14.7 Å². The van der Waals surface area contributed by atoms with E-state index in [9.17, 15) is 22.8 Å². The van der Waals surface area contributed by atoms with E-state index in [-0.39, 0.29) is 61.6 Å². The normalized spacial score (nSPS) is 24.0. The molecule has 1 aromatic heterocycles. The van der Waals surface area contributed by atoms with Gasteiger partial charge in [-0.25, -0.2) is 6.57 Å². The molecule has 2 fully saturated rings. The maximum atomic E-state index is 12.7. The van der Waals surface area contributed by atoms with Crippen molar-refractivity contribution in [3.8, 4) is 0 Å². The fraction of sp³-hybridized carbons (Fsp3) is 0.667. The molecule has 0 unspecified atom stereocenters. The van der Waals surface area contributed by atoms with Gasteiger partial charge in [0.1, 0.15) is 11.1 Å². The Kier molecular flexibility index (Phi) is 5.58. The van der Waals surface area contributed by atoms with Crippen LogP contribution in [0.5, 0.6) is 0 Å². The van der Waals surface area contributed by atoms with E-state index < -0.39 is 24.2 Å². The minimum Gasteiger partial charge on any atom is -0.365 e. The number of nitrogens with one attached hydrogen (secondary N) is 1. The number of carbonyl (C=O) groups is 2. The predicted octanol–water partition coefficient (Wildman–Crippen LogP) is 1.85. The number of anilines is 1. The molecule has 0 spiro atoms. The molecule has 2 aliphatic rings. The van der Waals surface area contributed by atoms with Crippen molar-refractivity contribution >= 4 is 17.6 Å². The van der Waals surface area contributed by atoms with Crippen molar-refractivity contribution in [3.63, 3.8) is 0 Å². The number of amides is 2. The molecule has 1 aliphatic heterocycles. The lowest BCUT2D eigenvalue weighted by Gasteiger charge is -2.38. The number of alkyl halides is 3. The summed E-state index contributed by atoms with van der Waals surface area (Å²) in [5, 5.41) is 6.96. The third-order valence-electron chi connectivity index (χ3n) is 5.72. The van der Waals surface area contributed by atoms with E-state index >= 15 is 0 Å². The van der Waals surface area contributed by atoms with Crippen LogP contribution in [0.3, 0.4) is 0 Å². The Bertz CT molecular complexity index is 836. The molecule has 8 nitrogen and oxygen atoms in total. The SMILES string of the molecule is [C-]#[N+]CC1(n2cc(C(N)=O)c(NC(=O)[C@@H]3C[C@H]3C)n2)CCN(CC(F)(F)F)CC1. The van der Waals surface area contributed by atoms with Gasteiger partial charge in [-0.3, -0.25) is 19.2 Å². The number of nitrogens with two attached hydrogens (primary N) is 1. The second kappa shape index (κ2) is 7.67. The molecule has 2 amide bonds. The zero-order chi connectivity index (χ0) is 21.4. The zero-order valence-corrected chi connectivity index (χ0v) is 16.0. The van der Waals surface area contributed by atoms with Gasteiger partial charge in [0.05, 0.1) is 6.54 Å². The highest BCUT2D eigenvalue weighted by Gasteiger charge is 2.44. The molecule has 0 bridgehead atoms. The Balaban J connectivity index is 1.82. The zero-order valence-electron chi connectivity index (χ0n) is 16.0. The first kappa shape index (κ1) is 21.1. The number of likely N-dealkylation sites (tertiary alicyclic amines) is 1. The number of rotatable bonds is 6. The van der Waals surface area contributed by atoms with Crippen LogP contribution in [-0.2, 0) is 10.3 Å². The number of primary amides is 1. The first-order valence-corrected chi connectivity index (χ1v) is 9.38. The summed E-state index contributed by atoms with van der Waals surface area (Å²) in [7, 11) is 0. The predicted molar refractivity (Wildman–Crippen MR) is 97.8 cm³/mol. The standard InChI is InChI=1S/C18H23F3N6O2/c1-11-7-12(11)16(29)24-15-13(14(22)28)8-27(25-15)17(9-23-2)3-5-26(6-4-17)10-18(19,20)21/h8,11-12H,3-7,9-10H2,1H3,(H2,22,28)(H,24,25,29)/t11-,12-/m1/s1. The van der Waals surface area contributed by atoms with E-state index in [1.165, 1.54) is 15.8 Å². The van der Waals surface area contributed by atoms with Crippen molar-refractivity contribution in [2.24, 2.45) is 17.6 Å². The summed E-state index contributed by atoms with van der Waals surface area (Å²) in [4.78, 5) is 28.8. The second-order valence-electron chi connectivity index (χ2n) is 7.94. The van der Waals surface area contributed by atoms with Crippen LogP contribution in [0.4, 0.5) is 19.0 Å². The van der Waals surface area contributed by atoms with E-state index in [4.69, 9.17) is 12.3 Å². The van der Waals surface area contributed by atoms with E-state index in [1.54, 1.807) is 0 Å². The van der Waals surface area contributed by atoms with Crippen LogP contribution in [0.2, 0.25) is 0 Å². The third-order valence-corrected chi connectivity index (χ3v) is 5.72. The van der Waals surface area contributed by atoms with Gasteiger partial charge in [-0.15, -0.1) is 0 Å². The molecular weight excluding hydrogens is 389 g/mol. The fourth-order valence-corrected chi connectivity index (χ4v) is 3.77. The quantitative estimate of drug-likeness (QED) is 0.697. The van der Waals surface area contributed by atoms with E-state index in [1.807, 2.05) is 6.92 Å². The van der Waals surface area contributed by atoms with Crippen molar-refractivity contribution in [2.75, 3.05) is 31.5 Å². The molecule has 0 radical (unpaired) electrons. The fourth-order valence-electron chi connectivity index (χ4n) is 3.77. The maximum Gasteiger partial charge on any atom is 0.401 e. The Morgan fingerprint density at radius 3 is 2.52 bits per heavy atom. The lowest BCUT2D eigenvalue weighted by atomic mass is 9.87. The molecule has 0 aromatic carbocycles. The van der Waals surface area contributed by atoms with Crippen LogP contribution in [0.25, 0.3) is 4.85 Å². The van der Waals surface area contributed by atoms with Crippen LogP contribution in [0, 0.1) is 18.4 Å². The number of carbonyl (C=O) groups excluding carboxylic acids is 2. The minimum atomic E-state index is -4.29. The highest BCUT2D eigenvalue weighted by atomic mass is 19.4. The van der Waals surface area contributed by atoms with Crippen LogP contribution in [0.15, 0.2) is 6.20 Å². The van der Waals surface area contributed by atoms with Gasteiger partial charge in [0.15, 0.2) is 5.82 Å². The number of piperidine rings is 1. The number of hydrogen-bond acceptors (Lipinski definition) is 4. The molecule has 3 rings (SSSR count). The molecule has 29 heavy (non-hydrogen) atoms. The van der Waals surface area contributed by atoms with Crippen molar-refractivity contribution in [3.05, 3.63) is 23.2 Å². The molecule has 1 saturated carbocycles. The number of nitrogens with zero attached hydrogens (tertiary/aromatic N) is 4. The van der Waals surface area contributed by atoms with Gasteiger partial charge in [0.25, 0.3) is 5.91 Å². The molecule has 1 saturated heterocycles. The first-order valence-electron chi connectivity index (χ1n) is 9.38. The first-order chi connectivity index (χ1) is 13.5. The minimum absolute atomic E-state index is 0.000213. The lowest BCUT2D eigenvalue weighted by Crippen LogP contribution is -2.50. The molecule has 11 heteroatoms. The lowest BCUT2D eigenvalue weighted by molar-refractivity contribution is -0.150. The Hall–Kier alpha value is -2.61. The van der Waals surface area contributed by atoms with Gasteiger partial charge in [-0.05, 0) is 25.2 Å². The largest absolute Gasteiger partial charge is 0.401 e. The Labute approximate surface area is 166 Å². The van der Waals surface area contributed by atoms with Crippen molar-refractivity contribution in [2.45, 2.75) is 37.9 Å². The number of aromatic nitrogens is 2. The monoisotopic (exact) mass is 412 g/mol. The highest BCUT2D eigenvalue weighted by molar-refractivity contribution is 6.02. The summed E-state index contributed by atoms with van der Waals surface area (Å²) in [6.45, 7) is 8.50. The Morgan fingerprint density at radius 1 is 1.41 bits per heavy atom. The van der Waals surface area contributed by atoms with E-state index in [2.05, 4.69) is 15.3 Å². The second-order valence-corrected chi connectivity index (χ2v) is 7.94. The van der Waals surface area contributed by atoms with Crippen LogP contribution in [-0.4, -0.2) is 58.9 Å². The summed E-state index contributed by atoms with van der Waals surface area (Å²) >= 11 is 0. The highest BCUT2D eigenvalue weighted by Crippen LogP contribution is 2.39. The van der Waals surface area contributed by atoms with Crippen molar-refractivity contribution < 1.29 is 22.8 Å². The smallest absolute Gasteiger partial charge is 0.365 e. The molecule has 158 valence electrons. The van der Waals surface area contributed by atoms with E-state index in [0.29, 0.717) is 0 Å². The topological polar surface area (TPSA) is 97.6 Å². The average Bonchev–Trinajstić information content (AvgIpc) is 3.19. The van der Waals surface area contributed by atoms with Gasteiger partial charge >= 0.3 is 6.18 Å². The molecular formula is C18H23F3N6O2. The summed E-state index contributed by atoms with van der Waals surface area (Å²) in [5.74, 6) is -0.861. The number of halogens is 3. The van der Waals surface area contributed by atoms with Crippen LogP contribution >= 0.6 is 0 Å². The van der Waals surface area contributed by atoms with Gasteiger partial charge < -0.3 is 15.9 Å².